The number of rotatable bonds is 5. The summed E-state index contributed by atoms with van der Waals surface area (Å²) in [7, 11) is 1.92. The Morgan fingerprint density at radius 3 is 2.65 bits per heavy atom. The van der Waals surface area contributed by atoms with Gasteiger partial charge in [0.25, 0.3) is 0 Å². The van der Waals surface area contributed by atoms with Crippen LogP contribution in [0.1, 0.15) is 35.3 Å². The van der Waals surface area contributed by atoms with E-state index >= 15 is 0 Å². The summed E-state index contributed by atoms with van der Waals surface area (Å²) < 4.78 is 0. The number of aromatic nitrogens is 1. The zero-order valence-corrected chi connectivity index (χ0v) is 13.5. The Morgan fingerprint density at radius 2 is 2.05 bits per heavy atom. The summed E-state index contributed by atoms with van der Waals surface area (Å²) in [6, 6.07) is 6.55. The maximum Gasteiger partial charge on any atom is 0.183 e. The second kappa shape index (κ2) is 6.37. The van der Waals surface area contributed by atoms with Crippen LogP contribution in [0.4, 0.5) is 5.13 Å². The largest absolute Gasteiger partial charge is 0.365 e. The molecule has 0 saturated carbocycles. The van der Waals surface area contributed by atoms with Crippen molar-refractivity contribution in [3.8, 4) is 11.3 Å². The van der Waals surface area contributed by atoms with E-state index in [1.54, 1.807) is 11.3 Å². The molecule has 0 amide bonds. The lowest BCUT2D eigenvalue weighted by Crippen LogP contribution is -2.04. The fourth-order valence-corrected chi connectivity index (χ4v) is 3.28. The van der Waals surface area contributed by atoms with Crippen molar-refractivity contribution >= 4 is 16.5 Å². The van der Waals surface area contributed by atoms with Gasteiger partial charge in [-0.25, -0.2) is 4.98 Å². The second-order valence-electron chi connectivity index (χ2n) is 5.26. The topological polar surface area (TPSA) is 50.9 Å². The zero-order chi connectivity index (χ0) is 14.7. The minimum Gasteiger partial charge on any atom is -0.365 e. The number of hydrogen-bond acceptors (Lipinski definition) is 4. The molecule has 0 spiro atoms. The Kier molecular flexibility index (Phi) is 4.78. The van der Waals surface area contributed by atoms with E-state index in [1.807, 2.05) is 7.05 Å². The molecule has 0 fully saturated rings. The summed E-state index contributed by atoms with van der Waals surface area (Å²) in [5.41, 5.74) is 10.6. The third-order valence-electron chi connectivity index (χ3n) is 3.69. The highest BCUT2D eigenvalue weighted by Crippen LogP contribution is 2.37. The van der Waals surface area contributed by atoms with Crippen LogP contribution in [0.2, 0.25) is 0 Å². The number of aryl methyl sites for hydroxylation is 2. The number of nitrogens with zero attached hydrogens (tertiary/aromatic N) is 1. The lowest BCUT2D eigenvalue weighted by molar-refractivity contribution is 0.701. The zero-order valence-electron chi connectivity index (χ0n) is 12.7. The molecule has 1 aromatic carbocycles. The van der Waals surface area contributed by atoms with Crippen LogP contribution in [0.5, 0.6) is 0 Å². The number of benzene rings is 1. The fourth-order valence-electron chi connectivity index (χ4n) is 2.25. The molecule has 108 valence electrons. The first-order valence-corrected chi connectivity index (χ1v) is 7.84. The molecule has 0 bridgehead atoms. The molecular formula is C16H23N3S. The van der Waals surface area contributed by atoms with Gasteiger partial charge in [0, 0.05) is 17.5 Å². The molecule has 3 N–H and O–H groups in total. The van der Waals surface area contributed by atoms with Gasteiger partial charge < -0.3 is 11.1 Å². The predicted octanol–water partition coefficient (Wildman–Crippen LogP) is 3.92. The van der Waals surface area contributed by atoms with Crippen LogP contribution in [0.25, 0.3) is 11.3 Å². The Hall–Kier alpha value is -1.39. The van der Waals surface area contributed by atoms with Crippen LogP contribution >= 0.6 is 11.3 Å². The highest BCUT2D eigenvalue weighted by atomic mass is 32.1. The van der Waals surface area contributed by atoms with E-state index in [4.69, 9.17) is 10.7 Å². The Morgan fingerprint density at radius 1 is 1.30 bits per heavy atom. The molecule has 1 atom stereocenters. The minimum absolute atomic E-state index is 0.441. The van der Waals surface area contributed by atoms with E-state index in [0.717, 1.165) is 17.2 Å². The third kappa shape index (κ3) is 3.02. The summed E-state index contributed by atoms with van der Waals surface area (Å²) in [5.74, 6) is 0.441. The maximum absolute atomic E-state index is 5.71. The molecule has 4 heteroatoms. The van der Waals surface area contributed by atoms with Gasteiger partial charge in [-0.1, -0.05) is 19.1 Å². The van der Waals surface area contributed by atoms with Crippen molar-refractivity contribution in [1.82, 2.24) is 4.98 Å². The number of nitrogens with two attached hydrogens (primary N) is 1. The summed E-state index contributed by atoms with van der Waals surface area (Å²) in [6.45, 7) is 7.22. The van der Waals surface area contributed by atoms with Crippen molar-refractivity contribution in [2.24, 2.45) is 5.73 Å². The maximum atomic E-state index is 5.71. The average Bonchev–Trinajstić information content (AvgIpc) is 2.86. The monoisotopic (exact) mass is 289 g/mol. The van der Waals surface area contributed by atoms with E-state index in [2.05, 4.69) is 44.3 Å². The predicted molar refractivity (Wildman–Crippen MR) is 88.7 cm³/mol. The van der Waals surface area contributed by atoms with Crippen molar-refractivity contribution in [1.29, 1.82) is 0 Å². The smallest absolute Gasteiger partial charge is 0.183 e. The summed E-state index contributed by atoms with van der Waals surface area (Å²) in [4.78, 5) is 6.06. The minimum atomic E-state index is 0.441. The van der Waals surface area contributed by atoms with E-state index in [-0.39, 0.29) is 0 Å². The van der Waals surface area contributed by atoms with Gasteiger partial charge in [0.15, 0.2) is 5.13 Å². The van der Waals surface area contributed by atoms with Gasteiger partial charge in [-0.2, -0.15) is 0 Å². The number of thiazole rings is 1. The van der Waals surface area contributed by atoms with Crippen LogP contribution in [0, 0.1) is 13.8 Å². The number of anilines is 1. The Bertz CT molecular complexity index is 589. The van der Waals surface area contributed by atoms with Crippen molar-refractivity contribution in [3.63, 3.8) is 0 Å². The van der Waals surface area contributed by atoms with E-state index in [9.17, 15) is 0 Å². The number of hydrogen-bond donors (Lipinski definition) is 2. The Labute approximate surface area is 125 Å². The highest BCUT2D eigenvalue weighted by Gasteiger charge is 2.18. The van der Waals surface area contributed by atoms with Crippen molar-refractivity contribution in [2.75, 3.05) is 18.9 Å². The van der Waals surface area contributed by atoms with Gasteiger partial charge in [0.1, 0.15) is 0 Å². The van der Waals surface area contributed by atoms with Crippen molar-refractivity contribution < 1.29 is 0 Å². The van der Waals surface area contributed by atoms with Gasteiger partial charge in [-0.15, -0.1) is 11.3 Å². The molecule has 1 unspecified atom stereocenters. The molecule has 0 aliphatic rings. The SMILES string of the molecule is CNc1nc(-c2ccc(C)c(C)c2)c(C(C)CCN)s1. The molecule has 2 rings (SSSR count). The lowest BCUT2D eigenvalue weighted by Gasteiger charge is -2.11. The van der Waals surface area contributed by atoms with Gasteiger partial charge >= 0.3 is 0 Å². The molecular weight excluding hydrogens is 266 g/mol. The van der Waals surface area contributed by atoms with Crippen LogP contribution < -0.4 is 11.1 Å². The van der Waals surface area contributed by atoms with E-state index in [1.165, 1.54) is 21.6 Å². The normalized spacial score (nSPS) is 12.4. The molecule has 3 nitrogen and oxygen atoms in total. The van der Waals surface area contributed by atoms with Gasteiger partial charge in [-0.05, 0) is 49.9 Å². The standard InChI is InChI=1S/C16H23N3S/c1-10-5-6-13(9-12(10)3)14-15(11(2)7-8-17)20-16(18-4)19-14/h5-6,9,11H,7-8,17H2,1-4H3,(H,18,19). The quantitative estimate of drug-likeness (QED) is 0.877. The van der Waals surface area contributed by atoms with E-state index < -0.39 is 0 Å². The molecule has 1 heterocycles. The number of nitrogens with one attached hydrogen (secondary N) is 1. The molecule has 1 aromatic heterocycles. The molecule has 0 radical (unpaired) electrons. The van der Waals surface area contributed by atoms with Crippen LogP contribution in [-0.4, -0.2) is 18.6 Å². The summed E-state index contributed by atoms with van der Waals surface area (Å²) in [5, 5.41) is 4.13. The average molecular weight is 289 g/mol. The molecule has 0 aliphatic carbocycles. The Balaban J connectivity index is 2.48. The van der Waals surface area contributed by atoms with Crippen LogP contribution in [-0.2, 0) is 0 Å². The molecule has 0 aliphatic heterocycles. The molecule has 0 saturated heterocycles. The van der Waals surface area contributed by atoms with Crippen molar-refractivity contribution in [2.45, 2.75) is 33.1 Å². The van der Waals surface area contributed by atoms with Gasteiger partial charge in [0.2, 0.25) is 0 Å². The van der Waals surface area contributed by atoms with Gasteiger partial charge in [-0.3, -0.25) is 0 Å². The summed E-state index contributed by atoms with van der Waals surface area (Å²) in [6.07, 6.45) is 0.989. The first kappa shape index (κ1) is 15.0. The first-order valence-electron chi connectivity index (χ1n) is 7.03. The third-order valence-corrected chi connectivity index (χ3v) is 5.00. The van der Waals surface area contributed by atoms with Crippen molar-refractivity contribution in [3.05, 3.63) is 34.2 Å². The van der Waals surface area contributed by atoms with E-state index in [0.29, 0.717) is 12.5 Å². The highest BCUT2D eigenvalue weighted by molar-refractivity contribution is 7.16. The second-order valence-corrected chi connectivity index (χ2v) is 6.29. The first-order chi connectivity index (χ1) is 9.56. The fraction of sp³-hybridized carbons (Fsp3) is 0.438. The molecule has 2 aromatic rings. The van der Waals surface area contributed by atoms with Crippen LogP contribution in [0.3, 0.4) is 0 Å². The lowest BCUT2D eigenvalue weighted by atomic mass is 9.99. The summed E-state index contributed by atoms with van der Waals surface area (Å²) >= 11 is 1.73. The van der Waals surface area contributed by atoms with Gasteiger partial charge in [0.05, 0.1) is 5.69 Å². The van der Waals surface area contributed by atoms with Crippen LogP contribution in [0.15, 0.2) is 18.2 Å². The molecule has 20 heavy (non-hydrogen) atoms.